The second-order valence-electron chi connectivity index (χ2n) is 5.50. The Kier molecular flexibility index (Phi) is 2.71. The fourth-order valence-electron chi connectivity index (χ4n) is 2.97. The molecule has 15 heavy (non-hydrogen) atoms. The van der Waals surface area contributed by atoms with Crippen molar-refractivity contribution in [1.82, 2.24) is 15.1 Å². The molecule has 2 saturated heterocycles. The van der Waals surface area contributed by atoms with E-state index in [9.17, 15) is 0 Å². The van der Waals surface area contributed by atoms with Crippen LogP contribution in [0.3, 0.4) is 0 Å². The number of piperidine rings is 1. The third-order valence-corrected chi connectivity index (χ3v) is 4.38. The first-order valence-corrected chi connectivity index (χ1v) is 6.51. The number of likely N-dealkylation sites (N-methyl/N-ethyl adjacent to an activating group) is 1. The van der Waals surface area contributed by atoms with E-state index in [1.54, 1.807) is 0 Å². The first-order valence-electron chi connectivity index (χ1n) is 6.51. The number of likely N-dealkylation sites (tertiary alicyclic amines) is 1. The highest BCUT2D eigenvalue weighted by atomic mass is 15.3. The smallest absolute Gasteiger partial charge is 0.0350 e. The summed E-state index contributed by atoms with van der Waals surface area (Å²) in [5.74, 6) is 0. The van der Waals surface area contributed by atoms with E-state index in [1.165, 1.54) is 51.9 Å². The molecular formula is C12H23N3. The highest BCUT2D eigenvalue weighted by Crippen LogP contribution is 2.30. The summed E-state index contributed by atoms with van der Waals surface area (Å²) in [5, 5.41) is 3.51. The molecule has 3 aliphatic rings. The van der Waals surface area contributed by atoms with Gasteiger partial charge in [-0.3, -0.25) is 9.80 Å². The molecule has 3 fully saturated rings. The summed E-state index contributed by atoms with van der Waals surface area (Å²) in [4.78, 5) is 5.29. The fourth-order valence-corrected chi connectivity index (χ4v) is 2.97. The minimum absolute atomic E-state index is 0.836. The lowest BCUT2D eigenvalue weighted by Crippen LogP contribution is -2.63. The molecular weight excluding hydrogens is 186 g/mol. The van der Waals surface area contributed by atoms with Crippen molar-refractivity contribution in [2.75, 3.05) is 33.2 Å². The first kappa shape index (κ1) is 10.1. The molecule has 0 amide bonds. The lowest BCUT2D eigenvalue weighted by Gasteiger charge is -2.49. The minimum Gasteiger partial charge on any atom is -0.315 e. The zero-order valence-corrected chi connectivity index (χ0v) is 9.78. The second kappa shape index (κ2) is 4.04. The monoisotopic (exact) mass is 209 g/mol. The molecule has 1 atom stereocenters. The van der Waals surface area contributed by atoms with Crippen LogP contribution in [0, 0.1) is 0 Å². The molecule has 1 saturated carbocycles. The standard InChI is InChI=1S/C12H23N3/c1-14(10-4-5-10)12-8-15(9-12)11-3-2-6-13-7-11/h10-13H,2-9H2,1H3. The topological polar surface area (TPSA) is 18.5 Å². The van der Waals surface area contributed by atoms with E-state index in [4.69, 9.17) is 0 Å². The Balaban J connectivity index is 1.44. The van der Waals surface area contributed by atoms with E-state index in [-0.39, 0.29) is 0 Å². The SMILES string of the molecule is CN(C1CC1)C1CN(C2CCCNC2)C1. The van der Waals surface area contributed by atoms with Gasteiger partial charge in [0.05, 0.1) is 0 Å². The summed E-state index contributed by atoms with van der Waals surface area (Å²) < 4.78 is 0. The fraction of sp³-hybridized carbons (Fsp3) is 1.00. The number of rotatable bonds is 3. The van der Waals surface area contributed by atoms with Crippen molar-refractivity contribution in [2.45, 2.75) is 43.8 Å². The minimum atomic E-state index is 0.836. The number of hydrogen-bond donors (Lipinski definition) is 1. The molecule has 0 spiro atoms. The molecule has 0 aromatic heterocycles. The van der Waals surface area contributed by atoms with Gasteiger partial charge >= 0.3 is 0 Å². The van der Waals surface area contributed by atoms with Crippen LogP contribution in [-0.2, 0) is 0 Å². The van der Waals surface area contributed by atoms with Gasteiger partial charge in [0.2, 0.25) is 0 Å². The predicted molar refractivity (Wildman–Crippen MR) is 62.0 cm³/mol. The Hall–Kier alpha value is -0.120. The maximum absolute atomic E-state index is 3.51. The van der Waals surface area contributed by atoms with Crippen LogP contribution >= 0.6 is 0 Å². The molecule has 1 aliphatic carbocycles. The molecule has 2 heterocycles. The molecule has 0 aromatic rings. The van der Waals surface area contributed by atoms with Crippen molar-refractivity contribution in [3.63, 3.8) is 0 Å². The Morgan fingerprint density at radius 3 is 2.53 bits per heavy atom. The molecule has 1 unspecified atom stereocenters. The maximum Gasteiger partial charge on any atom is 0.0350 e. The third-order valence-electron chi connectivity index (χ3n) is 4.38. The summed E-state index contributed by atoms with van der Waals surface area (Å²) in [6, 6.07) is 2.63. The largest absolute Gasteiger partial charge is 0.315 e. The van der Waals surface area contributed by atoms with Crippen LogP contribution < -0.4 is 5.32 Å². The van der Waals surface area contributed by atoms with Gasteiger partial charge in [0.15, 0.2) is 0 Å². The van der Waals surface area contributed by atoms with E-state index in [2.05, 4.69) is 22.2 Å². The van der Waals surface area contributed by atoms with Crippen LogP contribution in [0.1, 0.15) is 25.7 Å². The van der Waals surface area contributed by atoms with Gasteiger partial charge in [-0.15, -0.1) is 0 Å². The van der Waals surface area contributed by atoms with Crippen molar-refractivity contribution in [3.05, 3.63) is 0 Å². The molecule has 0 bridgehead atoms. The van der Waals surface area contributed by atoms with Crippen LogP contribution in [-0.4, -0.2) is 61.2 Å². The summed E-state index contributed by atoms with van der Waals surface area (Å²) in [6.07, 6.45) is 5.66. The molecule has 3 heteroatoms. The Morgan fingerprint density at radius 2 is 1.93 bits per heavy atom. The molecule has 3 rings (SSSR count). The Labute approximate surface area is 92.8 Å². The van der Waals surface area contributed by atoms with Crippen LogP contribution in [0.15, 0.2) is 0 Å². The summed E-state index contributed by atoms with van der Waals surface area (Å²) in [5.41, 5.74) is 0. The van der Waals surface area contributed by atoms with Crippen LogP contribution in [0.4, 0.5) is 0 Å². The van der Waals surface area contributed by atoms with Crippen LogP contribution in [0.2, 0.25) is 0 Å². The zero-order valence-electron chi connectivity index (χ0n) is 9.78. The van der Waals surface area contributed by atoms with Gasteiger partial charge in [-0.05, 0) is 39.3 Å². The van der Waals surface area contributed by atoms with E-state index >= 15 is 0 Å². The summed E-state index contributed by atoms with van der Waals surface area (Å²) in [7, 11) is 2.32. The normalized spacial score (nSPS) is 34.4. The predicted octanol–water partition coefficient (Wildman–Crippen LogP) is 0.517. The Morgan fingerprint density at radius 1 is 1.13 bits per heavy atom. The highest BCUT2D eigenvalue weighted by Gasteiger charge is 2.39. The molecule has 1 N–H and O–H groups in total. The number of nitrogens with one attached hydrogen (secondary N) is 1. The van der Waals surface area contributed by atoms with Crippen molar-refractivity contribution in [3.8, 4) is 0 Å². The van der Waals surface area contributed by atoms with Gasteiger partial charge in [-0.25, -0.2) is 0 Å². The van der Waals surface area contributed by atoms with Crippen LogP contribution in [0.25, 0.3) is 0 Å². The van der Waals surface area contributed by atoms with E-state index in [0.29, 0.717) is 0 Å². The third kappa shape index (κ3) is 2.05. The molecule has 0 radical (unpaired) electrons. The van der Waals surface area contributed by atoms with Gasteiger partial charge < -0.3 is 5.32 Å². The summed E-state index contributed by atoms with van der Waals surface area (Å²) in [6.45, 7) is 5.09. The van der Waals surface area contributed by atoms with E-state index in [0.717, 1.165) is 18.1 Å². The van der Waals surface area contributed by atoms with Gasteiger partial charge in [-0.1, -0.05) is 0 Å². The van der Waals surface area contributed by atoms with Crippen molar-refractivity contribution >= 4 is 0 Å². The van der Waals surface area contributed by atoms with E-state index in [1.807, 2.05) is 0 Å². The summed E-state index contributed by atoms with van der Waals surface area (Å²) >= 11 is 0. The molecule has 86 valence electrons. The van der Waals surface area contributed by atoms with Crippen molar-refractivity contribution in [1.29, 1.82) is 0 Å². The highest BCUT2D eigenvalue weighted by molar-refractivity contribution is 4.97. The van der Waals surface area contributed by atoms with Gasteiger partial charge in [0, 0.05) is 37.8 Å². The van der Waals surface area contributed by atoms with Gasteiger partial charge in [0.1, 0.15) is 0 Å². The quantitative estimate of drug-likeness (QED) is 0.731. The number of hydrogen-bond acceptors (Lipinski definition) is 3. The zero-order chi connectivity index (χ0) is 10.3. The van der Waals surface area contributed by atoms with Gasteiger partial charge in [-0.2, -0.15) is 0 Å². The maximum atomic E-state index is 3.51. The Bertz CT molecular complexity index is 215. The van der Waals surface area contributed by atoms with Crippen molar-refractivity contribution < 1.29 is 0 Å². The lowest BCUT2D eigenvalue weighted by molar-refractivity contribution is 0.00579. The van der Waals surface area contributed by atoms with Crippen LogP contribution in [0.5, 0.6) is 0 Å². The molecule has 3 nitrogen and oxygen atoms in total. The average Bonchev–Trinajstić information content (AvgIpc) is 3.00. The average molecular weight is 209 g/mol. The first-order chi connectivity index (χ1) is 7.34. The lowest BCUT2D eigenvalue weighted by atomic mass is 9.98. The second-order valence-corrected chi connectivity index (χ2v) is 5.50. The number of nitrogens with zero attached hydrogens (tertiary/aromatic N) is 2. The molecule has 0 aromatic carbocycles. The van der Waals surface area contributed by atoms with E-state index < -0.39 is 0 Å². The molecule has 2 aliphatic heterocycles. The van der Waals surface area contributed by atoms with Gasteiger partial charge in [0.25, 0.3) is 0 Å². The van der Waals surface area contributed by atoms with Crippen molar-refractivity contribution in [2.24, 2.45) is 0 Å².